The molecule has 0 amide bonds. The first-order chi connectivity index (χ1) is 21.6. The van der Waals surface area contributed by atoms with Crippen molar-refractivity contribution in [2.45, 2.75) is 66.1 Å². The van der Waals surface area contributed by atoms with Gasteiger partial charge in [0.15, 0.2) is 6.10 Å². The van der Waals surface area contributed by atoms with Crippen molar-refractivity contribution >= 4 is 39.1 Å². The number of esters is 1. The molecule has 3 heterocycles. The number of ether oxygens (including phenoxy) is 3. The lowest BCUT2D eigenvalue weighted by atomic mass is 9.91. The van der Waals surface area contributed by atoms with Crippen LogP contribution in [0.3, 0.4) is 0 Å². The Hall–Kier alpha value is -3.85. The van der Waals surface area contributed by atoms with E-state index in [1.165, 1.54) is 0 Å². The van der Waals surface area contributed by atoms with E-state index in [2.05, 4.69) is 16.9 Å². The lowest BCUT2D eigenvalue weighted by Gasteiger charge is -2.29. The third kappa shape index (κ3) is 7.69. The van der Waals surface area contributed by atoms with Crippen molar-refractivity contribution in [1.82, 2.24) is 15.0 Å². The van der Waals surface area contributed by atoms with E-state index in [0.717, 1.165) is 67.1 Å². The molecule has 0 unspecified atom stereocenters. The van der Waals surface area contributed by atoms with Crippen LogP contribution in [0.2, 0.25) is 5.02 Å². The quantitative estimate of drug-likeness (QED) is 0.105. The Balaban J connectivity index is 1.62. The Bertz CT molecular complexity index is 1780. The van der Waals surface area contributed by atoms with E-state index in [-0.39, 0.29) is 6.61 Å². The average Bonchev–Trinajstić information content (AvgIpc) is 3.44. The van der Waals surface area contributed by atoms with Crippen LogP contribution in [0.4, 0.5) is 0 Å². The minimum atomic E-state index is -0.931. The molecule has 5 aromatic rings. The van der Waals surface area contributed by atoms with Crippen LogP contribution in [-0.2, 0) is 14.3 Å². The van der Waals surface area contributed by atoms with Crippen molar-refractivity contribution in [3.8, 4) is 38.8 Å². The minimum absolute atomic E-state index is 0.250. The number of pyridine rings is 2. The van der Waals surface area contributed by atoms with Crippen LogP contribution in [-0.4, -0.2) is 39.7 Å². The van der Waals surface area contributed by atoms with Gasteiger partial charge in [-0.15, -0.1) is 11.3 Å². The zero-order chi connectivity index (χ0) is 32.1. The van der Waals surface area contributed by atoms with Crippen LogP contribution < -0.4 is 4.74 Å². The molecule has 0 aliphatic heterocycles. The van der Waals surface area contributed by atoms with Crippen molar-refractivity contribution in [3.05, 3.63) is 83.1 Å². The van der Waals surface area contributed by atoms with Gasteiger partial charge in [-0.05, 0) is 88.6 Å². The van der Waals surface area contributed by atoms with Crippen LogP contribution in [0.15, 0.2) is 67.0 Å². The van der Waals surface area contributed by atoms with Gasteiger partial charge in [0.05, 0.1) is 34.7 Å². The molecule has 7 nitrogen and oxygen atoms in total. The Morgan fingerprint density at radius 3 is 2.40 bits per heavy atom. The molecule has 0 fully saturated rings. The fourth-order valence-corrected chi connectivity index (χ4v) is 6.28. The van der Waals surface area contributed by atoms with Gasteiger partial charge in [-0.2, -0.15) is 0 Å². The number of hydrogen-bond acceptors (Lipinski definition) is 8. The Morgan fingerprint density at radius 1 is 0.978 bits per heavy atom. The second-order valence-corrected chi connectivity index (χ2v) is 13.2. The van der Waals surface area contributed by atoms with Gasteiger partial charge in [0.25, 0.3) is 0 Å². The maximum Gasteiger partial charge on any atom is 0.339 e. The van der Waals surface area contributed by atoms with Gasteiger partial charge in [0, 0.05) is 45.7 Å². The molecule has 3 aromatic heterocycles. The van der Waals surface area contributed by atoms with Gasteiger partial charge >= 0.3 is 5.97 Å². The van der Waals surface area contributed by atoms with E-state index in [1.807, 2.05) is 82.3 Å². The summed E-state index contributed by atoms with van der Waals surface area (Å²) in [6.07, 6.45) is 4.69. The number of nitrogens with zero attached hydrogens (tertiary/aromatic N) is 3. The van der Waals surface area contributed by atoms with Crippen LogP contribution in [0.1, 0.15) is 64.7 Å². The standard InChI is InChI=1S/C36H38ClN3O4S/c1-7-9-18-43-29-15-12-25(21-39-29)27-20-24(16-17-38-27)34-40-28-19-22(3)30(32(35(41)42-8-2)44-36(4,5)6)31(33(28)45-34)23-10-13-26(37)14-11-23/h10-17,19-21,32H,7-9,18H2,1-6H3/t32-/m0/s1. The largest absolute Gasteiger partial charge is 0.478 e. The lowest BCUT2D eigenvalue weighted by molar-refractivity contribution is -0.166. The van der Waals surface area contributed by atoms with Crippen LogP contribution in [0.25, 0.3) is 43.2 Å². The lowest BCUT2D eigenvalue weighted by Crippen LogP contribution is -2.29. The number of halogens is 1. The predicted molar refractivity (Wildman–Crippen MR) is 182 cm³/mol. The van der Waals surface area contributed by atoms with Gasteiger partial charge in [-0.25, -0.2) is 14.8 Å². The summed E-state index contributed by atoms with van der Waals surface area (Å²) in [5.74, 6) is 0.177. The number of rotatable bonds is 11. The van der Waals surface area contributed by atoms with Crippen molar-refractivity contribution in [1.29, 1.82) is 0 Å². The Labute approximate surface area is 273 Å². The maximum absolute atomic E-state index is 13.4. The minimum Gasteiger partial charge on any atom is -0.478 e. The summed E-state index contributed by atoms with van der Waals surface area (Å²) in [6, 6.07) is 17.5. The number of carbonyl (C=O) groups is 1. The van der Waals surface area contributed by atoms with Crippen LogP contribution in [0, 0.1) is 6.92 Å². The molecule has 234 valence electrons. The summed E-state index contributed by atoms with van der Waals surface area (Å²) in [4.78, 5) is 27.6. The maximum atomic E-state index is 13.4. The van der Waals surface area contributed by atoms with E-state index in [1.54, 1.807) is 30.7 Å². The number of thiazole rings is 1. The fraction of sp³-hybridized carbons (Fsp3) is 0.333. The van der Waals surface area contributed by atoms with E-state index >= 15 is 0 Å². The topological polar surface area (TPSA) is 83.4 Å². The molecule has 0 N–H and O–H groups in total. The molecule has 0 aliphatic carbocycles. The number of fused-ring (bicyclic) bond motifs is 1. The molecule has 0 radical (unpaired) electrons. The number of unbranched alkanes of at least 4 members (excludes halogenated alkanes) is 1. The molecule has 1 atom stereocenters. The normalized spacial score (nSPS) is 12.3. The molecule has 0 aliphatic rings. The Kier molecular flexibility index (Phi) is 10.2. The van der Waals surface area contributed by atoms with Crippen molar-refractivity contribution in [3.63, 3.8) is 0 Å². The number of carbonyl (C=O) groups excluding carboxylic acids is 1. The van der Waals surface area contributed by atoms with Crippen LogP contribution >= 0.6 is 22.9 Å². The average molecular weight is 644 g/mol. The molecule has 5 rings (SSSR count). The number of aryl methyl sites for hydroxylation is 1. The van der Waals surface area contributed by atoms with Crippen molar-refractivity contribution in [2.75, 3.05) is 13.2 Å². The van der Waals surface area contributed by atoms with E-state index in [0.29, 0.717) is 17.5 Å². The monoisotopic (exact) mass is 643 g/mol. The van der Waals surface area contributed by atoms with Crippen molar-refractivity contribution in [2.24, 2.45) is 0 Å². The summed E-state index contributed by atoms with van der Waals surface area (Å²) in [6.45, 7) is 12.6. The number of aromatic nitrogens is 3. The van der Waals surface area contributed by atoms with Crippen molar-refractivity contribution < 1.29 is 19.0 Å². The summed E-state index contributed by atoms with van der Waals surface area (Å²) < 4.78 is 18.6. The molecule has 0 saturated carbocycles. The third-order valence-electron chi connectivity index (χ3n) is 7.08. The first-order valence-electron chi connectivity index (χ1n) is 15.2. The summed E-state index contributed by atoms with van der Waals surface area (Å²) in [5.41, 5.74) is 6.26. The molecular formula is C36H38ClN3O4S. The van der Waals surface area contributed by atoms with E-state index in [9.17, 15) is 4.79 Å². The number of hydrogen-bond donors (Lipinski definition) is 0. The van der Waals surface area contributed by atoms with Gasteiger partial charge in [0.1, 0.15) is 5.01 Å². The molecule has 0 bridgehead atoms. The first-order valence-corrected chi connectivity index (χ1v) is 16.4. The highest BCUT2D eigenvalue weighted by Crippen LogP contribution is 2.44. The highest BCUT2D eigenvalue weighted by Gasteiger charge is 2.33. The highest BCUT2D eigenvalue weighted by atomic mass is 35.5. The Morgan fingerprint density at radius 2 is 1.73 bits per heavy atom. The summed E-state index contributed by atoms with van der Waals surface area (Å²) >= 11 is 7.85. The van der Waals surface area contributed by atoms with Gasteiger partial charge < -0.3 is 14.2 Å². The summed E-state index contributed by atoms with van der Waals surface area (Å²) in [7, 11) is 0. The predicted octanol–water partition coefficient (Wildman–Crippen LogP) is 9.65. The number of benzene rings is 2. The highest BCUT2D eigenvalue weighted by molar-refractivity contribution is 7.22. The zero-order valence-corrected chi connectivity index (χ0v) is 28.1. The fourth-order valence-electron chi connectivity index (χ4n) is 5.03. The first kappa shape index (κ1) is 32.5. The third-order valence-corrected chi connectivity index (χ3v) is 8.47. The van der Waals surface area contributed by atoms with Gasteiger partial charge in [0.2, 0.25) is 5.88 Å². The molecular weight excluding hydrogens is 606 g/mol. The zero-order valence-electron chi connectivity index (χ0n) is 26.5. The van der Waals surface area contributed by atoms with Crippen LogP contribution in [0.5, 0.6) is 5.88 Å². The van der Waals surface area contributed by atoms with E-state index < -0.39 is 17.7 Å². The van der Waals surface area contributed by atoms with E-state index in [4.69, 9.17) is 30.8 Å². The molecule has 2 aromatic carbocycles. The molecule has 0 spiro atoms. The molecule has 0 saturated heterocycles. The molecule has 9 heteroatoms. The second kappa shape index (κ2) is 14.1. The second-order valence-electron chi connectivity index (χ2n) is 11.7. The summed E-state index contributed by atoms with van der Waals surface area (Å²) in [5, 5.41) is 1.46. The SMILES string of the molecule is CCCCOc1ccc(-c2cc(-c3nc4cc(C)c([C@H](OC(C)(C)C)C(=O)OCC)c(-c5ccc(Cl)cc5)c4s3)ccn2)cn1. The van der Waals surface area contributed by atoms with Gasteiger partial charge in [-0.3, -0.25) is 4.98 Å². The van der Waals surface area contributed by atoms with Gasteiger partial charge in [-0.1, -0.05) is 37.1 Å². The molecule has 45 heavy (non-hydrogen) atoms. The smallest absolute Gasteiger partial charge is 0.339 e.